The van der Waals surface area contributed by atoms with Crippen molar-refractivity contribution in [3.8, 4) is 11.5 Å². The molecule has 0 radical (unpaired) electrons. The number of ether oxygens (including phenoxy) is 2. The Bertz CT molecular complexity index is 504. The van der Waals surface area contributed by atoms with Crippen molar-refractivity contribution in [2.75, 3.05) is 13.3 Å². The molecule has 5 heteroatoms. The molecular formula is C15H20N2O3. The summed E-state index contributed by atoms with van der Waals surface area (Å²) in [6.45, 7) is 3.88. The lowest BCUT2D eigenvalue weighted by Crippen LogP contribution is -2.46. The van der Waals surface area contributed by atoms with Gasteiger partial charge in [0.15, 0.2) is 11.5 Å². The van der Waals surface area contributed by atoms with Crippen LogP contribution >= 0.6 is 0 Å². The molecule has 2 aliphatic heterocycles. The summed E-state index contributed by atoms with van der Waals surface area (Å²) < 4.78 is 10.6. The fraction of sp³-hybridized carbons (Fsp3) is 0.533. The molecule has 2 unspecified atom stereocenters. The Hall–Kier alpha value is -1.75. The molecular weight excluding hydrogens is 256 g/mol. The first kappa shape index (κ1) is 13.2. The summed E-state index contributed by atoms with van der Waals surface area (Å²) in [4.78, 5) is 12.2. The van der Waals surface area contributed by atoms with E-state index in [1.54, 1.807) is 0 Å². The first-order valence-electron chi connectivity index (χ1n) is 7.13. The second kappa shape index (κ2) is 5.71. The van der Waals surface area contributed by atoms with Gasteiger partial charge in [0.1, 0.15) is 0 Å². The molecule has 1 aromatic rings. The van der Waals surface area contributed by atoms with Crippen molar-refractivity contribution in [2.24, 2.45) is 5.92 Å². The second-order valence-electron chi connectivity index (χ2n) is 5.40. The van der Waals surface area contributed by atoms with Crippen LogP contribution in [0.5, 0.6) is 11.5 Å². The second-order valence-corrected chi connectivity index (χ2v) is 5.40. The summed E-state index contributed by atoms with van der Waals surface area (Å²) in [5.74, 6) is 1.72. The van der Waals surface area contributed by atoms with Gasteiger partial charge in [0.05, 0.1) is 5.92 Å². The predicted octanol–water partition coefficient (Wildman–Crippen LogP) is 1.42. The van der Waals surface area contributed by atoms with E-state index in [0.717, 1.165) is 36.4 Å². The molecule has 0 saturated carbocycles. The highest BCUT2D eigenvalue weighted by Crippen LogP contribution is 2.32. The van der Waals surface area contributed by atoms with Crippen molar-refractivity contribution < 1.29 is 14.3 Å². The minimum Gasteiger partial charge on any atom is -0.454 e. The minimum atomic E-state index is 0.0674. The van der Waals surface area contributed by atoms with Crippen LogP contribution in [0.1, 0.15) is 25.3 Å². The minimum absolute atomic E-state index is 0.0674. The highest BCUT2D eigenvalue weighted by Gasteiger charge is 2.27. The zero-order valence-electron chi connectivity index (χ0n) is 11.6. The van der Waals surface area contributed by atoms with Crippen molar-refractivity contribution in [1.82, 2.24) is 10.6 Å². The number of benzene rings is 1. The number of nitrogens with one attached hydrogen (secondary N) is 2. The summed E-state index contributed by atoms with van der Waals surface area (Å²) in [6, 6.07) is 6.01. The van der Waals surface area contributed by atoms with Crippen molar-refractivity contribution in [3.05, 3.63) is 23.8 Å². The fourth-order valence-electron chi connectivity index (χ4n) is 2.77. The SMILES string of the molecule is CC1NCCCC1C(=O)NCc1ccc2c(c1)OCO2. The molecule has 0 aromatic heterocycles. The maximum atomic E-state index is 12.2. The van der Waals surface area contributed by atoms with E-state index >= 15 is 0 Å². The van der Waals surface area contributed by atoms with Gasteiger partial charge in [-0.2, -0.15) is 0 Å². The molecule has 2 N–H and O–H groups in total. The lowest BCUT2D eigenvalue weighted by atomic mass is 9.91. The Morgan fingerprint density at radius 1 is 1.40 bits per heavy atom. The average Bonchev–Trinajstić information content (AvgIpc) is 2.92. The van der Waals surface area contributed by atoms with Crippen molar-refractivity contribution >= 4 is 5.91 Å². The number of fused-ring (bicyclic) bond motifs is 1. The molecule has 2 aliphatic rings. The van der Waals surface area contributed by atoms with Crippen molar-refractivity contribution in [2.45, 2.75) is 32.4 Å². The molecule has 0 aliphatic carbocycles. The van der Waals surface area contributed by atoms with Crippen LogP contribution in [0.15, 0.2) is 18.2 Å². The normalized spacial score (nSPS) is 24.4. The third kappa shape index (κ3) is 2.72. The Morgan fingerprint density at radius 3 is 3.10 bits per heavy atom. The number of hydrogen-bond donors (Lipinski definition) is 2. The number of hydrogen-bond acceptors (Lipinski definition) is 4. The van der Waals surface area contributed by atoms with Crippen LogP contribution < -0.4 is 20.1 Å². The van der Waals surface area contributed by atoms with E-state index in [-0.39, 0.29) is 24.7 Å². The largest absolute Gasteiger partial charge is 0.454 e. The van der Waals surface area contributed by atoms with E-state index in [0.29, 0.717) is 6.54 Å². The Balaban J connectivity index is 1.57. The van der Waals surface area contributed by atoms with Gasteiger partial charge >= 0.3 is 0 Å². The van der Waals surface area contributed by atoms with Gasteiger partial charge in [-0.05, 0) is 44.0 Å². The maximum absolute atomic E-state index is 12.2. The van der Waals surface area contributed by atoms with Gasteiger partial charge in [0.25, 0.3) is 0 Å². The van der Waals surface area contributed by atoms with Crippen LogP contribution in [0, 0.1) is 5.92 Å². The first-order chi connectivity index (χ1) is 9.74. The molecule has 1 amide bonds. The molecule has 1 saturated heterocycles. The molecule has 1 aromatic carbocycles. The number of carbonyl (C=O) groups excluding carboxylic acids is 1. The number of amides is 1. The third-order valence-corrected chi connectivity index (χ3v) is 4.00. The summed E-state index contributed by atoms with van der Waals surface area (Å²) in [7, 11) is 0. The van der Waals surface area contributed by atoms with Gasteiger partial charge in [0.2, 0.25) is 12.7 Å². The molecule has 0 bridgehead atoms. The van der Waals surface area contributed by atoms with Crippen LogP contribution in [0.3, 0.4) is 0 Å². The highest BCUT2D eigenvalue weighted by atomic mass is 16.7. The summed E-state index contributed by atoms with van der Waals surface area (Å²) in [5.41, 5.74) is 1.03. The summed E-state index contributed by atoms with van der Waals surface area (Å²) in [6.07, 6.45) is 2.02. The topological polar surface area (TPSA) is 59.6 Å². The highest BCUT2D eigenvalue weighted by molar-refractivity contribution is 5.79. The number of piperidine rings is 1. The Labute approximate surface area is 118 Å². The van der Waals surface area contributed by atoms with E-state index in [1.807, 2.05) is 18.2 Å². The monoisotopic (exact) mass is 276 g/mol. The molecule has 108 valence electrons. The molecule has 1 fully saturated rings. The Morgan fingerprint density at radius 2 is 2.25 bits per heavy atom. The molecule has 2 atom stereocenters. The van der Waals surface area contributed by atoms with E-state index < -0.39 is 0 Å². The lowest BCUT2D eigenvalue weighted by molar-refractivity contribution is -0.126. The quantitative estimate of drug-likeness (QED) is 0.876. The van der Waals surface area contributed by atoms with Gasteiger partial charge in [-0.15, -0.1) is 0 Å². The number of rotatable bonds is 3. The molecule has 5 nitrogen and oxygen atoms in total. The van der Waals surface area contributed by atoms with Gasteiger partial charge in [-0.3, -0.25) is 4.79 Å². The van der Waals surface area contributed by atoms with E-state index in [1.165, 1.54) is 0 Å². The summed E-state index contributed by atoms with van der Waals surface area (Å²) in [5, 5.41) is 6.36. The van der Waals surface area contributed by atoms with Gasteiger partial charge < -0.3 is 20.1 Å². The Kier molecular flexibility index (Phi) is 3.78. The molecule has 3 rings (SSSR count). The number of carbonyl (C=O) groups is 1. The van der Waals surface area contributed by atoms with E-state index in [4.69, 9.17) is 9.47 Å². The first-order valence-corrected chi connectivity index (χ1v) is 7.13. The van der Waals surface area contributed by atoms with Crippen LogP contribution in [0.2, 0.25) is 0 Å². The van der Waals surface area contributed by atoms with Crippen molar-refractivity contribution in [1.29, 1.82) is 0 Å². The smallest absolute Gasteiger partial charge is 0.231 e. The molecule has 0 spiro atoms. The van der Waals surface area contributed by atoms with Crippen LogP contribution in [0.25, 0.3) is 0 Å². The predicted molar refractivity (Wildman–Crippen MR) is 74.6 cm³/mol. The van der Waals surface area contributed by atoms with Crippen LogP contribution in [-0.2, 0) is 11.3 Å². The van der Waals surface area contributed by atoms with Gasteiger partial charge in [0, 0.05) is 12.6 Å². The maximum Gasteiger partial charge on any atom is 0.231 e. The fourth-order valence-corrected chi connectivity index (χ4v) is 2.77. The zero-order chi connectivity index (χ0) is 13.9. The lowest BCUT2D eigenvalue weighted by Gasteiger charge is -2.28. The van der Waals surface area contributed by atoms with Crippen molar-refractivity contribution in [3.63, 3.8) is 0 Å². The molecule has 2 heterocycles. The molecule has 20 heavy (non-hydrogen) atoms. The average molecular weight is 276 g/mol. The van der Waals surface area contributed by atoms with E-state index in [9.17, 15) is 4.79 Å². The zero-order valence-corrected chi connectivity index (χ0v) is 11.6. The van der Waals surface area contributed by atoms with Crippen LogP contribution in [-0.4, -0.2) is 25.3 Å². The van der Waals surface area contributed by atoms with Gasteiger partial charge in [-0.25, -0.2) is 0 Å². The van der Waals surface area contributed by atoms with Gasteiger partial charge in [-0.1, -0.05) is 6.07 Å². The summed E-state index contributed by atoms with van der Waals surface area (Å²) >= 11 is 0. The standard InChI is InChI=1S/C15H20N2O3/c1-10-12(3-2-6-16-10)15(18)17-8-11-4-5-13-14(7-11)20-9-19-13/h4-5,7,10,12,16H,2-3,6,8-9H2,1H3,(H,17,18). The van der Waals surface area contributed by atoms with Crippen LogP contribution in [0.4, 0.5) is 0 Å². The third-order valence-electron chi connectivity index (χ3n) is 4.00. The van der Waals surface area contributed by atoms with E-state index in [2.05, 4.69) is 17.6 Å².